The summed E-state index contributed by atoms with van der Waals surface area (Å²) in [6, 6.07) is 8.34. The van der Waals surface area contributed by atoms with E-state index < -0.39 is 5.54 Å². The van der Waals surface area contributed by atoms with Gasteiger partial charge in [-0.2, -0.15) is 0 Å². The standard InChI is InChI=1S/C17H27NO2S/c1-6-18-17(5,16(19)20-7-2)12-14(4)21-15-11-9-8-10-13(15)3/h8-11,14,18H,6-7,12H2,1-5H3. The summed E-state index contributed by atoms with van der Waals surface area (Å²) in [5.41, 5.74) is 0.649. The van der Waals surface area contributed by atoms with E-state index >= 15 is 0 Å². The molecule has 0 aromatic heterocycles. The summed E-state index contributed by atoms with van der Waals surface area (Å²) < 4.78 is 5.22. The highest BCUT2D eigenvalue weighted by atomic mass is 32.2. The first-order valence-corrected chi connectivity index (χ1v) is 8.45. The van der Waals surface area contributed by atoms with Gasteiger partial charge < -0.3 is 10.1 Å². The number of aryl methyl sites for hydroxylation is 1. The molecule has 3 nitrogen and oxygen atoms in total. The number of benzene rings is 1. The lowest BCUT2D eigenvalue weighted by molar-refractivity contribution is -0.150. The Morgan fingerprint density at radius 2 is 2.05 bits per heavy atom. The Balaban J connectivity index is 2.74. The quantitative estimate of drug-likeness (QED) is 0.585. The van der Waals surface area contributed by atoms with Gasteiger partial charge in [-0.15, -0.1) is 11.8 Å². The van der Waals surface area contributed by atoms with Crippen LogP contribution in [0.25, 0.3) is 0 Å². The molecule has 0 aliphatic carbocycles. The van der Waals surface area contributed by atoms with Crippen molar-refractivity contribution in [1.29, 1.82) is 0 Å². The van der Waals surface area contributed by atoms with Crippen LogP contribution < -0.4 is 5.32 Å². The Hall–Kier alpha value is -1.00. The maximum atomic E-state index is 12.2. The van der Waals surface area contributed by atoms with Crippen molar-refractivity contribution >= 4 is 17.7 Å². The molecule has 1 aromatic carbocycles. The largest absolute Gasteiger partial charge is 0.465 e. The summed E-state index contributed by atoms with van der Waals surface area (Å²) in [6.07, 6.45) is 0.735. The molecule has 21 heavy (non-hydrogen) atoms. The number of rotatable bonds is 8. The van der Waals surface area contributed by atoms with Gasteiger partial charge in [0.15, 0.2) is 0 Å². The van der Waals surface area contributed by atoms with Crippen LogP contribution in [0.3, 0.4) is 0 Å². The van der Waals surface area contributed by atoms with E-state index in [1.165, 1.54) is 10.5 Å². The van der Waals surface area contributed by atoms with Gasteiger partial charge in [-0.1, -0.05) is 32.0 Å². The lowest BCUT2D eigenvalue weighted by Gasteiger charge is -2.30. The van der Waals surface area contributed by atoms with E-state index in [4.69, 9.17) is 4.74 Å². The van der Waals surface area contributed by atoms with Crippen LogP contribution in [0.2, 0.25) is 0 Å². The van der Waals surface area contributed by atoms with Crippen molar-refractivity contribution in [3.63, 3.8) is 0 Å². The molecule has 1 rings (SSSR count). The highest BCUT2D eigenvalue weighted by Crippen LogP contribution is 2.31. The van der Waals surface area contributed by atoms with Crippen LogP contribution in [-0.2, 0) is 9.53 Å². The Kier molecular flexibility index (Phi) is 7.26. The van der Waals surface area contributed by atoms with Crippen molar-refractivity contribution in [3.8, 4) is 0 Å². The van der Waals surface area contributed by atoms with E-state index in [1.54, 1.807) is 0 Å². The normalized spacial score (nSPS) is 15.3. The molecule has 0 fully saturated rings. The fourth-order valence-electron chi connectivity index (χ4n) is 2.43. The average molecular weight is 309 g/mol. The van der Waals surface area contributed by atoms with Crippen molar-refractivity contribution < 1.29 is 9.53 Å². The number of thioether (sulfide) groups is 1. The zero-order chi connectivity index (χ0) is 15.9. The lowest BCUT2D eigenvalue weighted by atomic mass is 9.96. The predicted octanol–water partition coefficient (Wildman–Crippen LogP) is 3.80. The number of ether oxygens (including phenoxy) is 1. The topological polar surface area (TPSA) is 38.3 Å². The SMILES string of the molecule is CCNC(C)(CC(C)Sc1ccccc1C)C(=O)OCC. The van der Waals surface area contributed by atoms with E-state index in [0.717, 1.165) is 13.0 Å². The van der Waals surface area contributed by atoms with Crippen LogP contribution in [0, 0.1) is 6.92 Å². The highest BCUT2D eigenvalue weighted by molar-refractivity contribution is 8.00. The number of hydrogen-bond donors (Lipinski definition) is 1. The molecule has 1 aromatic rings. The van der Waals surface area contributed by atoms with Gasteiger partial charge in [-0.25, -0.2) is 0 Å². The van der Waals surface area contributed by atoms with Gasteiger partial charge in [0, 0.05) is 10.1 Å². The summed E-state index contributed by atoms with van der Waals surface area (Å²) >= 11 is 1.81. The summed E-state index contributed by atoms with van der Waals surface area (Å²) in [6.45, 7) is 11.2. The van der Waals surface area contributed by atoms with E-state index in [9.17, 15) is 4.79 Å². The molecule has 0 saturated carbocycles. The van der Waals surface area contributed by atoms with E-state index in [0.29, 0.717) is 11.9 Å². The third-order valence-corrected chi connectivity index (χ3v) is 4.69. The number of esters is 1. The summed E-state index contributed by atoms with van der Waals surface area (Å²) in [5.74, 6) is -0.163. The third kappa shape index (κ3) is 5.36. The molecule has 0 aliphatic heterocycles. The van der Waals surface area contributed by atoms with Crippen LogP contribution in [0.5, 0.6) is 0 Å². The van der Waals surface area contributed by atoms with E-state index in [2.05, 4.69) is 37.4 Å². The van der Waals surface area contributed by atoms with Gasteiger partial charge in [0.1, 0.15) is 5.54 Å². The molecular weight excluding hydrogens is 282 g/mol. The van der Waals surface area contributed by atoms with Crippen molar-refractivity contribution in [2.45, 2.75) is 56.7 Å². The average Bonchev–Trinajstić information content (AvgIpc) is 2.41. The Labute approximate surface area is 132 Å². The number of hydrogen-bond acceptors (Lipinski definition) is 4. The van der Waals surface area contributed by atoms with Gasteiger partial charge in [0.2, 0.25) is 0 Å². The molecule has 2 atom stereocenters. The second-order valence-corrected chi connectivity index (χ2v) is 6.96. The van der Waals surface area contributed by atoms with Crippen molar-refractivity contribution in [1.82, 2.24) is 5.32 Å². The monoisotopic (exact) mass is 309 g/mol. The fourth-order valence-corrected chi connectivity index (χ4v) is 3.69. The lowest BCUT2D eigenvalue weighted by Crippen LogP contribution is -2.51. The molecule has 0 radical (unpaired) electrons. The zero-order valence-electron chi connectivity index (χ0n) is 13.7. The minimum atomic E-state index is -0.625. The molecule has 2 unspecified atom stereocenters. The van der Waals surface area contributed by atoms with Crippen molar-refractivity contribution in [2.24, 2.45) is 0 Å². The minimum Gasteiger partial charge on any atom is -0.465 e. The van der Waals surface area contributed by atoms with Crippen LogP contribution in [0.1, 0.15) is 39.7 Å². The zero-order valence-corrected chi connectivity index (χ0v) is 14.5. The van der Waals surface area contributed by atoms with Crippen molar-refractivity contribution in [2.75, 3.05) is 13.2 Å². The smallest absolute Gasteiger partial charge is 0.326 e. The number of carbonyl (C=O) groups excluding carboxylic acids is 1. The summed E-state index contributed by atoms with van der Waals surface area (Å²) in [4.78, 5) is 13.5. The summed E-state index contributed by atoms with van der Waals surface area (Å²) in [5, 5.41) is 3.61. The van der Waals surface area contributed by atoms with E-state index in [1.807, 2.05) is 38.6 Å². The molecule has 0 bridgehead atoms. The van der Waals surface area contributed by atoms with Crippen molar-refractivity contribution in [3.05, 3.63) is 29.8 Å². The van der Waals surface area contributed by atoms with E-state index in [-0.39, 0.29) is 5.97 Å². The molecule has 0 spiro atoms. The van der Waals surface area contributed by atoms with Gasteiger partial charge >= 0.3 is 5.97 Å². The minimum absolute atomic E-state index is 0.163. The number of likely N-dealkylation sites (N-methyl/N-ethyl adjacent to an activating group) is 1. The number of carbonyl (C=O) groups is 1. The molecular formula is C17H27NO2S. The number of nitrogens with one attached hydrogen (secondary N) is 1. The van der Waals surface area contributed by atoms with Gasteiger partial charge in [0.25, 0.3) is 0 Å². The van der Waals surface area contributed by atoms with Gasteiger partial charge in [-0.05, 0) is 45.4 Å². The second kappa shape index (κ2) is 8.44. The Morgan fingerprint density at radius 1 is 1.38 bits per heavy atom. The molecule has 0 heterocycles. The Bertz CT molecular complexity index is 464. The van der Waals surface area contributed by atoms with Crippen LogP contribution in [0.4, 0.5) is 0 Å². The van der Waals surface area contributed by atoms with Crippen LogP contribution in [-0.4, -0.2) is 29.9 Å². The fraction of sp³-hybridized carbons (Fsp3) is 0.588. The van der Waals surface area contributed by atoms with Gasteiger partial charge in [0.05, 0.1) is 6.61 Å². The molecule has 1 N–H and O–H groups in total. The second-order valence-electron chi connectivity index (χ2n) is 5.48. The maximum Gasteiger partial charge on any atom is 0.326 e. The predicted molar refractivity (Wildman–Crippen MR) is 89.8 cm³/mol. The first-order chi connectivity index (χ1) is 9.92. The molecule has 118 valence electrons. The first kappa shape index (κ1) is 18.1. The van der Waals surface area contributed by atoms with Crippen LogP contribution >= 0.6 is 11.8 Å². The molecule has 0 amide bonds. The highest BCUT2D eigenvalue weighted by Gasteiger charge is 2.35. The Morgan fingerprint density at radius 3 is 2.62 bits per heavy atom. The summed E-state index contributed by atoms with van der Waals surface area (Å²) in [7, 11) is 0. The van der Waals surface area contributed by atoms with Gasteiger partial charge in [-0.3, -0.25) is 4.79 Å². The first-order valence-electron chi connectivity index (χ1n) is 7.57. The molecule has 4 heteroatoms. The van der Waals surface area contributed by atoms with Crippen LogP contribution in [0.15, 0.2) is 29.2 Å². The maximum absolute atomic E-state index is 12.2. The third-order valence-electron chi connectivity index (χ3n) is 3.41. The molecule has 0 aliphatic rings. The molecule has 0 saturated heterocycles.